The summed E-state index contributed by atoms with van der Waals surface area (Å²) in [7, 11) is -4.02. The van der Waals surface area contributed by atoms with E-state index in [9.17, 15) is 21.6 Å². The van der Waals surface area contributed by atoms with Crippen LogP contribution in [0.3, 0.4) is 0 Å². The summed E-state index contributed by atoms with van der Waals surface area (Å²) < 4.78 is 76.1. The Morgan fingerprint density at radius 2 is 1.96 bits per heavy atom. The van der Waals surface area contributed by atoms with Gasteiger partial charge in [0.25, 0.3) is 0 Å². The van der Waals surface area contributed by atoms with Gasteiger partial charge in [0.15, 0.2) is 0 Å². The first-order chi connectivity index (χ1) is 13.1. The van der Waals surface area contributed by atoms with Crippen molar-refractivity contribution in [2.75, 3.05) is 20.5 Å². The van der Waals surface area contributed by atoms with E-state index >= 15 is 0 Å². The molecular formula is C19H29F3O5S. The van der Waals surface area contributed by atoms with E-state index in [1.807, 2.05) is 6.92 Å². The van der Waals surface area contributed by atoms with Crippen molar-refractivity contribution in [1.29, 1.82) is 0 Å². The van der Waals surface area contributed by atoms with Crippen molar-refractivity contribution in [3.8, 4) is 0 Å². The lowest BCUT2D eigenvalue weighted by molar-refractivity contribution is -0.0557. The van der Waals surface area contributed by atoms with Crippen molar-refractivity contribution in [3.05, 3.63) is 11.8 Å². The Kier molecular flexibility index (Phi) is 6.37. The summed E-state index contributed by atoms with van der Waals surface area (Å²) in [6, 6.07) is 0. The smallest absolute Gasteiger partial charge is 0.380 e. The molecule has 2 fully saturated rings. The van der Waals surface area contributed by atoms with Gasteiger partial charge in [0, 0.05) is 19.1 Å². The Morgan fingerprint density at radius 3 is 2.64 bits per heavy atom. The summed E-state index contributed by atoms with van der Waals surface area (Å²) in [6.45, 7) is 2.84. The van der Waals surface area contributed by atoms with Gasteiger partial charge >= 0.3 is 15.6 Å². The van der Waals surface area contributed by atoms with Gasteiger partial charge in [-0.05, 0) is 68.3 Å². The van der Waals surface area contributed by atoms with Gasteiger partial charge in [0.1, 0.15) is 12.6 Å². The molecule has 0 aromatic rings. The molecule has 0 spiro atoms. The number of allylic oxidation sites excluding steroid dienone is 2. The zero-order valence-corrected chi connectivity index (χ0v) is 17.2. The van der Waals surface area contributed by atoms with Crippen LogP contribution in [0.1, 0.15) is 51.9 Å². The molecule has 3 aliphatic carbocycles. The fraction of sp³-hybridized carbons (Fsp3) is 0.895. The maximum absolute atomic E-state index is 12.7. The van der Waals surface area contributed by atoms with E-state index in [0.29, 0.717) is 44.0 Å². The van der Waals surface area contributed by atoms with E-state index in [-0.39, 0.29) is 11.7 Å². The molecule has 0 aromatic carbocycles. The molecule has 0 N–H and O–H groups in total. The van der Waals surface area contributed by atoms with E-state index in [0.717, 1.165) is 32.1 Å². The summed E-state index contributed by atoms with van der Waals surface area (Å²) in [6.07, 6.45) is 7.90. The first-order valence-corrected chi connectivity index (χ1v) is 11.3. The van der Waals surface area contributed by atoms with E-state index < -0.39 is 21.0 Å². The maximum Gasteiger partial charge on any atom is 0.534 e. The molecule has 162 valence electrons. The van der Waals surface area contributed by atoms with Crippen LogP contribution < -0.4 is 0 Å². The topological polar surface area (TPSA) is 61.8 Å². The van der Waals surface area contributed by atoms with Gasteiger partial charge in [-0.25, -0.2) is 0 Å². The van der Waals surface area contributed by atoms with Crippen molar-refractivity contribution in [2.24, 2.45) is 29.1 Å². The van der Waals surface area contributed by atoms with Crippen LogP contribution in [0, 0.1) is 29.1 Å². The van der Waals surface area contributed by atoms with Crippen molar-refractivity contribution < 1.29 is 35.2 Å². The average Bonchev–Trinajstić information content (AvgIpc) is 2.91. The lowest BCUT2D eigenvalue weighted by Gasteiger charge is -2.49. The largest absolute Gasteiger partial charge is 0.534 e. The van der Waals surface area contributed by atoms with Gasteiger partial charge in [-0.2, -0.15) is 21.6 Å². The molecule has 5 atom stereocenters. The molecule has 0 aromatic heterocycles. The Labute approximate surface area is 164 Å². The third-order valence-electron chi connectivity index (χ3n) is 6.93. The number of halogens is 3. The molecule has 0 saturated heterocycles. The van der Waals surface area contributed by atoms with Gasteiger partial charge in [-0.3, -0.25) is 0 Å². The number of rotatable bonds is 7. The molecule has 3 aliphatic rings. The normalized spacial score (nSPS) is 35.8. The highest BCUT2D eigenvalue weighted by molar-refractivity contribution is 7.87. The van der Waals surface area contributed by atoms with E-state index in [4.69, 9.17) is 9.47 Å². The van der Waals surface area contributed by atoms with Crippen LogP contribution in [-0.4, -0.2) is 34.4 Å². The van der Waals surface area contributed by atoms with Gasteiger partial charge in [0.2, 0.25) is 0 Å². The molecule has 0 aliphatic heterocycles. The minimum absolute atomic E-state index is 0.0108. The van der Waals surface area contributed by atoms with Gasteiger partial charge in [0.05, 0.1) is 0 Å². The summed E-state index contributed by atoms with van der Waals surface area (Å²) in [5, 5.41) is 0. The Bertz CT molecular complexity index is 690. The van der Waals surface area contributed by atoms with Crippen molar-refractivity contribution in [2.45, 2.75) is 57.4 Å². The zero-order valence-electron chi connectivity index (χ0n) is 16.3. The van der Waals surface area contributed by atoms with Crippen LogP contribution in [0.15, 0.2) is 11.8 Å². The third-order valence-corrected chi connectivity index (χ3v) is 7.89. The number of alkyl halides is 3. The highest BCUT2D eigenvalue weighted by Gasteiger charge is 2.55. The number of ether oxygens (including phenoxy) is 2. The van der Waals surface area contributed by atoms with Crippen molar-refractivity contribution in [1.82, 2.24) is 0 Å². The van der Waals surface area contributed by atoms with E-state index in [2.05, 4.69) is 4.18 Å². The number of fused-ring (bicyclic) bond motifs is 2. The lowest BCUT2D eigenvalue weighted by atomic mass is 9.56. The van der Waals surface area contributed by atoms with Crippen molar-refractivity contribution >= 4 is 10.1 Å². The summed E-state index contributed by atoms with van der Waals surface area (Å²) in [5.41, 5.74) is -6.03. The van der Waals surface area contributed by atoms with Crippen LogP contribution in [0.2, 0.25) is 0 Å². The van der Waals surface area contributed by atoms with Crippen LogP contribution >= 0.6 is 0 Å². The van der Waals surface area contributed by atoms with Crippen molar-refractivity contribution in [3.63, 3.8) is 0 Å². The Morgan fingerprint density at radius 1 is 1.21 bits per heavy atom. The number of methoxy groups -OCH3 is 1. The second kappa shape index (κ2) is 8.14. The Balaban J connectivity index is 1.61. The molecule has 3 rings (SSSR count). The molecule has 0 heterocycles. The first kappa shape index (κ1) is 21.9. The standard InChI is InChI=1S/C19H29F3O5S/c1-18-11-14-4-3-13(7-8-26-12-25-2)9-15(14)10-16(18)5-6-17(18)27-28(23,24)19(20,21)22/h6,13-16H,3-5,7-12H2,1-2H3/t13-,14-,15-,16+,18+/m1/s1. The number of hydrogen-bond acceptors (Lipinski definition) is 5. The zero-order chi connectivity index (χ0) is 20.6. The molecule has 28 heavy (non-hydrogen) atoms. The second-order valence-corrected chi connectivity index (χ2v) is 10.2. The highest BCUT2D eigenvalue weighted by atomic mass is 32.2. The quantitative estimate of drug-likeness (QED) is 0.258. The average molecular weight is 426 g/mol. The summed E-state index contributed by atoms with van der Waals surface area (Å²) >= 11 is 0. The summed E-state index contributed by atoms with van der Waals surface area (Å²) in [5.74, 6) is 1.65. The highest BCUT2D eigenvalue weighted by Crippen LogP contribution is 2.59. The monoisotopic (exact) mass is 426 g/mol. The van der Waals surface area contributed by atoms with E-state index in [1.54, 1.807) is 13.2 Å². The van der Waals surface area contributed by atoms with Gasteiger partial charge in [-0.1, -0.05) is 13.3 Å². The molecule has 2 saturated carbocycles. The van der Waals surface area contributed by atoms with E-state index in [1.165, 1.54) is 0 Å². The lowest BCUT2D eigenvalue weighted by Crippen LogP contribution is -2.42. The molecule has 0 amide bonds. The Hall–Kier alpha value is -0.800. The SMILES string of the molecule is COCOCC[C@H]1CC[C@@H]2C[C@]3(C)C(OS(=O)(=O)C(F)(F)F)=CC[C@H]3C[C@H]2C1. The molecule has 0 unspecified atom stereocenters. The molecular weight excluding hydrogens is 397 g/mol. The van der Waals surface area contributed by atoms with Gasteiger partial charge in [-0.15, -0.1) is 0 Å². The maximum atomic E-state index is 12.7. The molecule has 0 bridgehead atoms. The first-order valence-electron chi connectivity index (χ1n) is 9.85. The fourth-order valence-electron chi connectivity index (χ4n) is 5.41. The fourth-order valence-corrected chi connectivity index (χ4v) is 6.00. The summed E-state index contributed by atoms with van der Waals surface area (Å²) in [4.78, 5) is 0. The number of hydrogen-bond donors (Lipinski definition) is 0. The van der Waals surface area contributed by atoms with Crippen LogP contribution in [0.25, 0.3) is 0 Å². The van der Waals surface area contributed by atoms with Gasteiger partial charge < -0.3 is 13.7 Å². The second-order valence-electron chi connectivity index (χ2n) is 8.64. The predicted molar refractivity (Wildman–Crippen MR) is 96.4 cm³/mol. The molecule has 5 nitrogen and oxygen atoms in total. The molecule has 9 heteroatoms. The minimum atomic E-state index is -5.62. The molecule has 0 radical (unpaired) electrons. The predicted octanol–water partition coefficient (Wildman–Crippen LogP) is 4.60. The van der Waals surface area contributed by atoms with Crippen LogP contribution in [0.5, 0.6) is 0 Å². The van der Waals surface area contributed by atoms with Crippen LogP contribution in [-0.2, 0) is 23.8 Å². The minimum Gasteiger partial charge on any atom is -0.380 e. The third kappa shape index (κ3) is 4.36. The van der Waals surface area contributed by atoms with Crippen LogP contribution in [0.4, 0.5) is 13.2 Å².